The molecule has 4 nitrogen and oxygen atoms in total. The number of allylic oxidation sites excluding steroid dienone is 2. The summed E-state index contributed by atoms with van der Waals surface area (Å²) in [5, 5.41) is 9.12. The smallest absolute Gasteiger partial charge is 0.349 e. The molecule has 0 atom stereocenters. The molecule has 0 radical (unpaired) electrons. The molecule has 0 saturated heterocycles. The summed E-state index contributed by atoms with van der Waals surface area (Å²) in [6, 6.07) is 9.52. The molecule has 1 aromatic rings. The lowest BCUT2D eigenvalue weighted by molar-refractivity contribution is -0.135. The van der Waals surface area contributed by atoms with Gasteiger partial charge in [-0.2, -0.15) is 5.26 Å². The molecule has 0 fully saturated rings. The van der Waals surface area contributed by atoms with Crippen molar-refractivity contribution in [1.29, 1.82) is 5.26 Å². The average Bonchev–Trinajstić information content (AvgIpc) is 2.42. The van der Waals surface area contributed by atoms with E-state index >= 15 is 0 Å². The summed E-state index contributed by atoms with van der Waals surface area (Å²) in [6.45, 7) is 0. The SMILES string of the molecule is COC(=O)/C(C#N)=C1/C=CN(C)c2ccccc21. The molecule has 0 saturated carbocycles. The molecule has 18 heavy (non-hydrogen) atoms. The van der Waals surface area contributed by atoms with Crippen LogP contribution in [-0.2, 0) is 9.53 Å². The van der Waals surface area contributed by atoms with Gasteiger partial charge in [-0.3, -0.25) is 0 Å². The van der Waals surface area contributed by atoms with Crippen LogP contribution in [0.15, 0.2) is 42.1 Å². The normalized spacial score (nSPS) is 15.7. The Morgan fingerprint density at radius 2 is 2.11 bits per heavy atom. The molecule has 1 aliphatic rings. The van der Waals surface area contributed by atoms with Crippen LogP contribution in [-0.4, -0.2) is 20.1 Å². The fourth-order valence-corrected chi connectivity index (χ4v) is 1.90. The lowest BCUT2D eigenvalue weighted by atomic mass is 9.96. The number of nitrogens with zero attached hydrogens (tertiary/aromatic N) is 2. The van der Waals surface area contributed by atoms with Crippen LogP contribution in [0.2, 0.25) is 0 Å². The van der Waals surface area contributed by atoms with E-state index in [-0.39, 0.29) is 5.57 Å². The van der Waals surface area contributed by atoms with Gasteiger partial charge >= 0.3 is 5.97 Å². The highest BCUT2D eigenvalue weighted by molar-refractivity contribution is 6.06. The Labute approximate surface area is 105 Å². The number of benzene rings is 1. The van der Waals surface area contributed by atoms with Gasteiger partial charge in [0, 0.05) is 30.1 Å². The molecule has 0 unspecified atom stereocenters. The van der Waals surface area contributed by atoms with Crippen LogP contribution < -0.4 is 4.90 Å². The van der Waals surface area contributed by atoms with E-state index in [1.54, 1.807) is 6.08 Å². The number of hydrogen-bond donors (Lipinski definition) is 0. The monoisotopic (exact) mass is 240 g/mol. The van der Waals surface area contributed by atoms with Crippen molar-refractivity contribution in [2.45, 2.75) is 0 Å². The molecular formula is C14H12N2O2. The Hall–Kier alpha value is -2.54. The number of rotatable bonds is 1. The third-order valence-corrected chi connectivity index (χ3v) is 2.81. The van der Waals surface area contributed by atoms with Gasteiger partial charge in [-0.05, 0) is 12.1 Å². The number of carbonyl (C=O) groups excluding carboxylic acids is 1. The van der Waals surface area contributed by atoms with E-state index in [9.17, 15) is 4.79 Å². The highest BCUT2D eigenvalue weighted by Crippen LogP contribution is 2.33. The quantitative estimate of drug-likeness (QED) is 0.428. The predicted molar refractivity (Wildman–Crippen MR) is 68.5 cm³/mol. The minimum absolute atomic E-state index is 0.0225. The van der Waals surface area contributed by atoms with Gasteiger partial charge in [-0.15, -0.1) is 0 Å². The van der Waals surface area contributed by atoms with Gasteiger partial charge < -0.3 is 9.64 Å². The highest BCUT2D eigenvalue weighted by Gasteiger charge is 2.21. The van der Waals surface area contributed by atoms with Gasteiger partial charge in [0.15, 0.2) is 0 Å². The Morgan fingerprint density at radius 1 is 1.39 bits per heavy atom. The molecular weight excluding hydrogens is 228 g/mol. The summed E-state index contributed by atoms with van der Waals surface area (Å²) in [5.41, 5.74) is 2.42. The van der Waals surface area contributed by atoms with Crippen LogP contribution in [0.4, 0.5) is 5.69 Å². The van der Waals surface area contributed by atoms with Gasteiger partial charge in [0.2, 0.25) is 0 Å². The molecule has 0 aliphatic carbocycles. The molecule has 0 spiro atoms. The van der Waals surface area contributed by atoms with Crippen molar-refractivity contribution < 1.29 is 9.53 Å². The lowest BCUT2D eigenvalue weighted by Crippen LogP contribution is -2.15. The van der Waals surface area contributed by atoms with Crippen LogP contribution >= 0.6 is 0 Å². The average molecular weight is 240 g/mol. The fraction of sp³-hybridized carbons (Fsp3) is 0.143. The van der Waals surface area contributed by atoms with Gasteiger partial charge in [0.1, 0.15) is 11.6 Å². The number of anilines is 1. The lowest BCUT2D eigenvalue weighted by Gasteiger charge is -2.23. The van der Waals surface area contributed by atoms with E-state index < -0.39 is 5.97 Å². The number of esters is 1. The molecule has 4 heteroatoms. The zero-order valence-corrected chi connectivity index (χ0v) is 10.2. The molecule has 0 amide bonds. The number of fused-ring (bicyclic) bond motifs is 1. The van der Waals surface area contributed by atoms with E-state index in [0.29, 0.717) is 5.57 Å². The van der Waals surface area contributed by atoms with Crippen LogP contribution in [0.25, 0.3) is 5.57 Å². The molecule has 90 valence electrons. The molecule has 1 aliphatic heterocycles. The standard InChI is InChI=1S/C14H12N2O2/c1-16-8-7-10(12(9-15)14(17)18-2)11-5-3-4-6-13(11)16/h3-8H,1-2H3/b12-10-. The first-order valence-electron chi connectivity index (χ1n) is 5.42. The summed E-state index contributed by atoms with van der Waals surface area (Å²) in [7, 11) is 3.18. The van der Waals surface area contributed by atoms with Gasteiger partial charge in [0.05, 0.1) is 7.11 Å². The number of ether oxygens (including phenoxy) is 1. The van der Waals surface area contributed by atoms with E-state index in [1.165, 1.54) is 7.11 Å². The van der Waals surface area contributed by atoms with Crippen molar-refractivity contribution in [2.75, 3.05) is 19.1 Å². The van der Waals surface area contributed by atoms with Crippen LogP contribution in [0.1, 0.15) is 5.56 Å². The van der Waals surface area contributed by atoms with E-state index in [2.05, 4.69) is 4.74 Å². The molecule has 1 aromatic carbocycles. The fourth-order valence-electron chi connectivity index (χ4n) is 1.90. The zero-order valence-electron chi connectivity index (χ0n) is 10.2. The zero-order chi connectivity index (χ0) is 13.1. The highest BCUT2D eigenvalue weighted by atomic mass is 16.5. The predicted octanol–water partition coefficient (Wildman–Crippen LogP) is 2.10. The first kappa shape index (κ1) is 11.9. The number of methoxy groups -OCH3 is 1. The van der Waals surface area contributed by atoms with Crippen LogP contribution in [0.5, 0.6) is 0 Å². The second kappa shape index (κ2) is 4.76. The number of para-hydroxylation sites is 1. The Bertz CT molecular complexity index is 594. The van der Waals surface area contributed by atoms with Crippen LogP contribution in [0.3, 0.4) is 0 Å². The minimum atomic E-state index is -0.614. The van der Waals surface area contributed by atoms with Crippen molar-refractivity contribution in [3.05, 3.63) is 47.7 Å². The second-order valence-electron chi connectivity index (χ2n) is 3.84. The maximum absolute atomic E-state index is 11.6. The van der Waals surface area contributed by atoms with Crippen molar-refractivity contribution in [2.24, 2.45) is 0 Å². The molecule has 2 rings (SSSR count). The first-order valence-corrected chi connectivity index (χ1v) is 5.42. The number of hydrogen-bond acceptors (Lipinski definition) is 4. The van der Waals surface area contributed by atoms with E-state index in [0.717, 1.165) is 11.3 Å². The maximum Gasteiger partial charge on any atom is 0.349 e. The second-order valence-corrected chi connectivity index (χ2v) is 3.84. The Morgan fingerprint density at radius 3 is 2.78 bits per heavy atom. The molecule has 0 aromatic heterocycles. The molecule has 0 bridgehead atoms. The van der Waals surface area contributed by atoms with Gasteiger partial charge in [-0.1, -0.05) is 18.2 Å². The number of carbonyl (C=O) groups is 1. The van der Waals surface area contributed by atoms with Gasteiger partial charge in [0.25, 0.3) is 0 Å². The minimum Gasteiger partial charge on any atom is -0.465 e. The largest absolute Gasteiger partial charge is 0.465 e. The maximum atomic E-state index is 11.6. The summed E-state index contributed by atoms with van der Waals surface area (Å²) < 4.78 is 4.63. The van der Waals surface area contributed by atoms with Crippen molar-refractivity contribution in [1.82, 2.24) is 0 Å². The van der Waals surface area contributed by atoms with Crippen molar-refractivity contribution in [3.8, 4) is 6.07 Å². The summed E-state index contributed by atoms with van der Waals surface area (Å²) in [4.78, 5) is 13.5. The number of nitriles is 1. The van der Waals surface area contributed by atoms with E-state index in [4.69, 9.17) is 5.26 Å². The Balaban J connectivity index is 2.67. The summed E-state index contributed by atoms with van der Waals surface area (Å²) >= 11 is 0. The van der Waals surface area contributed by atoms with Crippen molar-refractivity contribution >= 4 is 17.2 Å². The third-order valence-electron chi connectivity index (χ3n) is 2.81. The summed E-state index contributed by atoms with van der Waals surface area (Å²) in [6.07, 6.45) is 3.57. The topological polar surface area (TPSA) is 53.3 Å². The Kier molecular flexibility index (Phi) is 3.16. The third kappa shape index (κ3) is 1.87. The van der Waals surface area contributed by atoms with Crippen molar-refractivity contribution in [3.63, 3.8) is 0 Å². The van der Waals surface area contributed by atoms with E-state index in [1.807, 2.05) is 48.5 Å². The molecule has 1 heterocycles. The first-order chi connectivity index (χ1) is 8.69. The van der Waals surface area contributed by atoms with Gasteiger partial charge in [-0.25, -0.2) is 4.79 Å². The van der Waals surface area contributed by atoms with Crippen LogP contribution in [0, 0.1) is 11.3 Å². The molecule has 0 N–H and O–H groups in total. The summed E-state index contributed by atoms with van der Waals surface area (Å²) in [5.74, 6) is -0.614.